The standard InChI is InChI=1S/C37H35Cl2N3O8/c1-5-41-33(44)23-12-11-22-24(30(23)35(41)46)17-25-34(45)42(40-27-13-8-19(38)14-26(27)39)36(47)37(25,18-6-9-21(48-2)10-7-18)32(22)31-28(49-3)15-20(43)16-29(31)50-4/h6-11,13-16,23-25,30,32,40,43H,5,12,17H2,1-4H3/t23-,24+,25-,30-,32+,37+/m0/s1. The predicted molar refractivity (Wildman–Crippen MR) is 184 cm³/mol. The zero-order valence-electron chi connectivity index (χ0n) is 27.7. The summed E-state index contributed by atoms with van der Waals surface area (Å²) in [5.41, 5.74) is 3.28. The van der Waals surface area contributed by atoms with Crippen molar-refractivity contribution in [2.45, 2.75) is 31.1 Å². The van der Waals surface area contributed by atoms with Crippen molar-refractivity contribution in [3.8, 4) is 23.0 Å². The fraction of sp³-hybridized carbons (Fsp3) is 0.351. The van der Waals surface area contributed by atoms with Crippen LogP contribution in [0.25, 0.3) is 0 Å². The molecule has 0 aromatic heterocycles. The van der Waals surface area contributed by atoms with Crippen LogP contribution in [0.3, 0.4) is 0 Å². The van der Waals surface area contributed by atoms with Gasteiger partial charge in [0, 0.05) is 35.2 Å². The van der Waals surface area contributed by atoms with Crippen molar-refractivity contribution in [1.82, 2.24) is 9.91 Å². The van der Waals surface area contributed by atoms with Crippen LogP contribution in [0.5, 0.6) is 23.0 Å². The van der Waals surface area contributed by atoms with Crippen LogP contribution in [0.1, 0.15) is 36.8 Å². The van der Waals surface area contributed by atoms with Crippen LogP contribution in [0.15, 0.2) is 66.2 Å². The molecule has 0 bridgehead atoms. The fourth-order valence-electron chi connectivity index (χ4n) is 8.74. The van der Waals surface area contributed by atoms with Gasteiger partial charge in [-0.1, -0.05) is 47.0 Å². The molecule has 11 nitrogen and oxygen atoms in total. The van der Waals surface area contributed by atoms with Crippen LogP contribution in [0.4, 0.5) is 5.69 Å². The molecule has 4 aliphatic rings. The molecule has 0 radical (unpaired) electrons. The van der Waals surface area contributed by atoms with Crippen molar-refractivity contribution < 1.29 is 38.5 Å². The van der Waals surface area contributed by atoms with E-state index in [1.807, 2.05) is 6.08 Å². The van der Waals surface area contributed by atoms with E-state index in [0.29, 0.717) is 27.5 Å². The minimum atomic E-state index is -1.63. The van der Waals surface area contributed by atoms with Crippen molar-refractivity contribution in [3.63, 3.8) is 0 Å². The van der Waals surface area contributed by atoms with Gasteiger partial charge in [-0.15, -0.1) is 0 Å². The third-order valence-electron chi connectivity index (χ3n) is 10.8. The van der Waals surface area contributed by atoms with E-state index in [0.717, 1.165) is 5.01 Å². The number of nitrogens with zero attached hydrogens (tertiary/aromatic N) is 2. The number of likely N-dealkylation sites (tertiary alicyclic amines) is 1. The lowest BCUT2D eigenvalue weighted by Gasteiger charge is -2.51. The van der Waals surface area contributed by atoms with Crippen molar-refractivity contribution >= 4 is 52.5 Å². The number of phenolic OH excluding ortho intramolecular Hbond substituents is 1. The van der Waals surface area contributed by atoms with E-state index in [9.17, 15) is 19.5 Å². The number of phenols is 1. The van der Waals surface area contributed by atoms with Crippen molar-refractivity contribution in [2.24, 2.45) is 23.7 Å². The predicted octanol–water partition coefficient (Wildman–Crippen LogP) is 5.73. The number of aromatic hydroxyl groups is 1. The lowest BCUT2D eigenvalue weighted by Crippen LogP contribution is -2.53. The summed E-state index contributed by atoms with van der Waals surface area (Å²) in [5, 5.41) is 12.2. The number of benzene rings is 3. The van der Waals surface area contributed by atoms with Gasteiger partial charge in [0.15, 0.2) is 0 Å². The molecule has 2 heterocycles. The third-order valence-corrected chi connectivity index (χ3v) is 11.4. The number of carbonyl (C=O) groups is 4. The van der Waals surface area contributed by atoms with Crippen LogP contribution in [-0.4, -0.2) is 66.5 Å². The monoisotopic (exact) mass is 719 g/mol. The fourth-order valence-corrected chi connectivity index (χ4v) is 9.19. The highest BCUT2D eigenvalue weighted by Crippen LogP contribution is 2.66. The number of anilines is 1. The summed E-state index contributed by atoms with van der Waals surface area (Å²) in [5.74, 6) is -4.68. The number of ether oxygens (including phenoxy) is 3. The smallest absolute Gasteiger partial charge is 0.260 e. The van der Waals surface area contributed by atoms with Crippen LogP contribution in [0.2, 0.25) is 10.0 Å². The van der Waals surface area contributed by atoms with E-state index in [-0.39, 0.29) is 59.2 Å². The average Bonchev–Trinajstić information content (AvgIpc) is 3.49. The molecule has 50 heavy (non-hydrogen) atoms. The van der Waals surface area contributed by atoms with Gasteiger partial charge in [0.05, 0.1) is 55.2 Å². The number of nitrogens with one attached hydrogen (secondary N) is 1. The number of fused-ring (bicyclic) bond motifs is 4. The molecule has 7 rings (SSSR count). The Kier molecular flexibility index (Phi) is 8.47. The average molecular weight is 721 g/mol. The Morgan fingerprint density at radius 2 is 1.56 bits per heavy atom. The Morgan fingerprint density at radius 3 is 2.16 bits per heavy atom. The second kappa shape index (κ2) is 12.5. The summed E-state index contributed by atoms with van der Waals surface area (Å²) in [6.07, 6.45) is 2.31. The number of methoxy groups -OCH3 is 3. The van der Waals surface area contributed by atoms with E-state index in [2.05, 4.69) is 5.43 Å². The van der Waals surface area contributed by atoms with E-state index >= 15 is 4.79 Å². The first-order valence-electron chi connectivity index (χ1n) is 16.3. The molecule has 3 aromatic carbocycles. The molecule has 3 aromatic rings. The van der Waals surface area contributed by atoms with Gasteiger partial charge in [-0.25, -0.2) is 0 Å². The minimum absolute atomic E-state index is 0.103. The Balaban J connectivity index is 1.53. The van der Waals surface area contributed by atoms with Gasteiger partial charge in [-0.2, -0.15) is 5.01 Å². The summed E-state index contributed by atoms with van der Waals surface area (Å²) < 4.78 is 17.2. The van der Waals surface area contributed by atoms with Gasteiger partial charge in [-0.05, 0) is 61.6 Å². The van der Waals surface area contributed by atoms with Gasteiger partial charge in [0.25, 0.3) is 11.8 Å². The number of amides is 4. The SMILES string of the molecule is CCN1C(=O)[C@H]2[C@H](CC=C3[C@H]2C[C@H]2C(=O)N(Nc4ccc(Cl)cc4Cl)C(=O)[C@@]2(c2ccc(OC)cc2)[C@H]3c2c(OC)cc(O)cc2OC)C1=O. The van der Waals surface area contributed by atoms with Gasteiger partial charge in [0.1, 0.15) is 23.0 Å². The van der Waals surface area contributed by atoms with E-state index < -0.39 is 46.8 Å². The van der Waals surface area contributed by atoms with E-state index in [4.69, 9.17) is 37.4 Å². The van der Waals surface area contributed by atoms with E-state index in [1.54, 1.807) is 43.3 Å². The summed E-state index contributed by atoms with van der Waals surface area (Å²) in [4.78, 5) is 59.0. The molecule has 0 unspecified atom stereocenters. The lowest BCUT2D eigenvalue weighted by molar-refractivity contribution is -0.141. The van der Waals surface area contributed by atoms with Crippen molar-refractivity contribution in [2.75, 3.05) is 33.3 Å². The number of imide groups is 2. The molecule has 6 atom stereocenters. The van der Waals surface area contributed by atoms with E-state index in [1.165, 1.54) is 44.4 Å². The first-order chi connectivity index (χ1) is 24.0. The minimum Gasteiger partial charge on any atom is -0.508 e. The molecule has 2 N–H and O–H groups in total. The number of halogens is 2. The third kappa shape index (κ3) is 4.77. The lowest BCUT2D eigenvalue weighted by atomic mass is 9.49. The first kappa shape index (κ1) is 33.7. The Labute approximate surface area is 298 Å². The number of carbonyl (C=O) groups excluding carboxylic acids is 4. The van der Waals surface area contributed by atoms with Crippen LogP contribution in [-0.2, 0) is 24.6 Å². The molecule has 4 amide bonds. The number of hydrogen-bond donors (Lipinski definition) is 2. The molecule has 260 valence electrons. The molecule has 3 fully saturated rings. The quantitative estimate of drug-likeness (QED) is 0.221. The summed E-state index contributed by atoms with van der Waals surface area (Å²) in [7, 11) is 4.42. The summed E-state index contributed by atoms with van der Waals surface area (Å²) >= 11 is 12.7. The van der Waals surface area contributed by atoms with Crippen molar-refractivity contribution in [1.29, 1.82) is 0 Å². The zero-order valence-corrected chi connectivity index (χ0v) is 29.2. The molecule has 2 aliphatic carbocycles. The van der Waals surface area contributed by atoms with Crippen LogP contribution < -0.4 is 19.6 Å². The Hall–Kier alpha value is -4.74. The molecule has 2 saturated heterocycles. The van der Waals surface area contributed by atoms with Gasteiger partial charge >= 0.3 is 0 Å². The maximum absolute atomic E-state index is 15.4. The topological polar surface area (TPSA) is 135 Å². The molecule has 2 aliphatic heterocycles. The maximum atomic E-state index is 15.4. The van der Waals surface area contributed by atoms with Crippen molar-refractivity contribution in [3.05, 3.63) is 87.4 Å². The number of allylic oxidation sites excluding steroid dienone is 2. The zero-order chi connectivity index (χ0) is 35.6. The Bertz CT molecular complexity index is 1940. The van der Waals surface area contributed by atoms with Gasteiger partial charge < -0.3 is 19.3 Å². The second-order valence-corrected chi connectivity index (χ2v) is 13.7. The Morgan fingerprint density at radius 1 is 0.880 bits per heavy atom. The molecule has 0 spiro atoms. The number of hydrazine groups is 1. The van der Waals surface area contributed by atoms with Gasteiger partial charge in [-0.3, -0.25) is 29.5 Å². The highest BCUT2D eigenvalue weighted by Gasteiger charge is 2.71. The molecular weight excluding hydrogens is 685 g/mol. The largest absolute Gasteiger partial charge is 0.508 e. The first-order valence-corrected chi connectivity index (χ1v) is 17.0. The number of hydrogen-bond acceptors (Lipinski definition) is 9. The number of rotatable bonds is 8. The van der Waals surface area contributed by atoms with Crippen LogP contribution >= 0.6 is 23.2 Å². The molecule has 1 saturated carbocycles. The highest BCUT2D eigenvalue weighted by atomic mass is 35.5. The molecule has 13 heteroatoms. The normalized spacial score (nSPS) is 27.1. The highest BCUT2D eigenvalue weighted by molar-refractivity contribution is 6.36. The molecular formula is C37H35Cl2N3O8. The van der Waals surface area contributed by atoms with Gasteiger partial charge in [0.2, 0.25) is 11.8 Å². The summed E-state index contributed by atoms with van der Waals surface area (Å²) in [6.45, 7) is 1.99. The van der Waals surface area contributed by atoms with Crippen LogP contribution in [0, 0.1) is 23.7 Å². The maximum Gasteiger partial charge on any atom is 0.260 e. The summed E-state index contributed by atoms with van der Waals surface area (Å²) in [6, 6.07) is 14.5. The second-order valence-electron chi connectivity index (χ2n) is 12.9.